The van der Waals surface area contributed by atoms with E-state index in [1.807, 2.05) is 25.4 Å². The van der Waals surface area contributed by atoms with Gasteiger partial charge in [-0.1, -0.05) is 19.1 Å². The first-order valence-electron chi connectivity index (χ1n) is 9.49. The van der Waals surface area contributed by atoms with E-state index in [0.29, 0.717) is 12.5 Å². The fourth-order valence-corrected chi connectivity index (χ4v) is 4.13. The zero-order valence-corrected chi connectivity index (χ0v) is 17.2. The Bertz CT molecular complexity index is 760. The van der Waals surface area contributed by atoms with Crippen LogP contribution in [-0.2, 0) is 13.0 Å². The minimum Gasteiger partial charge on any atom is -0.495 e. The van der Waals surface area contributed by atoms with Gasteiger partial charge in [0.1, 0.15) is 10.8 Å². The predicted octanol–water partition coefficient (Wildman–Crippen LogP) is 2.91. The summed E-state index contributed by atoms with van der Waals surface area (Å²) in [5.74, 6) is 2.36. The lowest BCUT2D eigenvalue weighted by molar-refractivity contribution is 0.414. The number of aryl methyl sites for hydroxylation is 1. The third-order valence-electron chi connectivity index (χ3n) is 4.85. The monoisotopic (exact) mass is 387 g/mol. The number of benzene rings is 1. The van der Waals surface area contributed by atoms with E-state index in [-0.39, 0.29) is 0 Å². The average molecular weight is 388 g/mol. The van der Waals surface area contributed by atoms with Crippen LogP contribution in [-0.4, -0.2) is 44.7 Å². The number of para-hydroxylation sites is 2. The van der Waals surface area contributed by atoms with E-state index >= 15 is 0 Å². The highest BCUT2D eigenvalue weighted by Gasteiger charge is 2.24. The third-order valence-corrected chi connectivity index (χ3v) is 5.99. The van der Waals surface area contributed by atoms with Crippen molar-refractivity contribution in [1.29, 1.82) is 0 Å². The Morgan fingerprint density at radius 3 is 2.96 bits per heavy atom. The first kappa shape index (κ1) is 19.5. The molecular formula is C20H29N5OS. The van der Waals surface area contributed by atoms with E-state index < -0.39 is 0 Å². The number of nitrogens with one attached hydrogen (secondary N) is 2. The quantitative estimate of drug-likeness (QED) is 0.565. The Labute approximate surface area is 165 Å². The second kappa shape index (κ2) is 9.60. The summed E-state index contributed by atoms with van der Waals surface area (Å²) in [5, 5.41) is 7.92. The number of hydrogen-bond donors (Lipinski definition) is 2. The van der Waals surface area contributed by atoms with Crippen LogP contribution in [0.1, 0.15) is 23.2 Å². The van der Waals surface area contributed by atoms with Gasteiger partial charge in [0, 0.05) is 37.8 Å². The number of thiazole rings is 1. The molecule has 3 rings (SSSR count). The number of nitrogens with zero attached hydrogens (tertiary/aromatic N) is 3. The number of aromatic nitrogens is 1. The SMILES string of the molecule is CCc1cnc(CNC(=NC)NCC2CCN(c3ccccc3OC)C2)s1. The summed E-state index contributed by atoms with van der Waals surface area (Å²) in [6.07, 6.45) is 4.16. The van der Waals surface area contributed by atoms with Crippen LogP contribution in [0.3, 0.4) is 0 Å². The van der Waals surface area contributed by atoms with Crippen molar-refractivity contribution >= 4 is 23.0 Å². The molecule has 2 aromatic rings. The Kier molecular flexibility index (Phi) is 6.92. The van der Waals surface area contributed by atoms with Gasteiger partial charge in [-0.05, 0) is 30.9 Å². The second-order valence-corrected chi connectivity index (χ2v) is 7.85. The van der Waals surface area contributed by atoms with Crippen molar-refractivity contribution < 1.29 is 4.74 Å². The van der Waals surface area contributed by atoms with Crippen molar-refractivity contribution in [1.82, 2.24) is 15.6 Å². The fourth-order valence-electron chi connectivity index (χ4n) is 3.32. The predicted molar refractivity (Wildman–Crippen MR) is 113 cm³/mol. The molecule has 1 unspecified atom stereocenters. The smallest absolute Gasteiger partial charge is 0.191 e. The van der Waals surface area contributed by atoms with Gasteiger partial charge in [-0.2, -0.15) is 0 Å². The summed E-state index contributed by atoms with van der Waals surface area (Å²) in [6.45, 7) is 5.85. The number of anilines is 1. The van der Waals surface area contributed by atoms with Crippen LogP contribution < -0.4 is 20.3 Å². The molecule has 1 aliphatic heterocycles. The highest BCUT2D eigenvalue weighted by molar-refractivity contribution is 7.11. The largest absolute Gasteiger partial charge is 0.495 e. The number of ether oxygens (including phenoxy) is 1. The van der Waals surface area contributed by atoms with E-state index in [2.05, 4.69) is 44.6 Å². The van der Waals surface area contributed by atoms with E-state index in [1.165, 1.54) is 10.6 Å². The zero-order chi connectivity index (χ0) is 19.1. The molecule has 0 amide bonds. The van der Waals surface area contributed by atoms with Gasteiger partial charge >= 0.3 is 0 Å². The highest BCUT2D eigenvalue weighted by atomic mass is 32.1. The summed E-state index contributed by atoms with van der Waals surface area (Å²) in [5.41, 5.74) is 1.18. The van der Waals surface area contributed by atoms with Crippen LogP contribution in [0.2, 0.25) is 0 Å². The van der Waals surface area contributed by atoms with Gasteiger partial charge in [0.25, 0.3) is 0 Å². The van der Waals surface area contributed by atoms with Crippen molar-refractivity contribution in [2.75, 3.05) is 38.7 Å². The average Bonchev–Trinajstić information content (AvgIpc) is 3.37. The number of methoxy groups -OCH3 is 1. The van der Waals surface area contributed by atoms with Crippen molar-refractivity contribution in [3.05, 3.63) is 40.3 Å². The molecule has 1 aromatic carbocycles. The van der Waals surface area contributed by atoms with Crippen molar-refractivity contribution in [2.24, 2.45) is 10.9 Å². The van der Waals surface area contributed by atoms with Crippen LogP contribution >= 0.6 is 11.3 Å². The van der Waals surface area contributed by atoms with Crippen molar-refractivity contribution in [3.8, 4) is 5.75 Å². The lowest BCUT2D eigenvalue weighted by Gasteiger charge is -2.21. The Morgan fingerprint density at radius 2 is 2.22 bits per heavy atom. The number of hydrogen-bond acceptors (Lipinski definition) is 5. The molecule has 0 aliphatic carbocycles. The van der Waals surface area contributed by atoms with Gasteiger partial charge < -0.3 is 20.3 Å². The fraction of sp³-hybridized carbons (Fsp3) is 0.500. The van der Waals surface area contributed by atoms with Crippen LogP contribution in [0.15, 0.2) is 35.5 Å². The lowest BCUT2D eigenvalue weighted by Crippen LogP contribution is -2.39. The molecule has 146 valence electrons. The van der Waals surface area contributed by atoms with Gasteiger partial charge in [0.05, 0.1) is 19.3 Å². The van der Waals surface area contributed by atoms with Crippen molar-refractivity contribution in [3.63, 3.8) is 0 Å². The summed E-state index contributed by atoms with van der Waals surface area (Å²) < 4.78 is 5.50. The van der Waals surface area contributed by atoms with Gasteiger partial charge in [-0.3, -0.25) is 4.99 Å². The van der Waals surface area contributed by atoms with Gasteiger partial charge in [-0.15, -0.1) is 11.3 Å². The molecule has 2 N–H and O–H groups in total. The minimum absolute atomic E-state index is 0.583. The molecule has 0 bridgehead atoms. The summed E-state index contributed by atoms with van der Waals surface area (Å²) in [7, 11) is 3.54. The van der Waals surface area contributed by atoms with Crippen LogP contribution in [0.5, 0.6) is 5.75 Å². The molecule has 7 heteroatoms. The molecular weight excluding hydrogens is 358 g/mol. The molecule has 1 aromatic heterocycles. The van der Waals surface area contributed by atoms with E-state index in [9.17, 15) is 0 Å². The highest BCUT2D eigenvalue weighted by Crippen LogP contribution is 2.31. The molecule has 0 saturated carbocycles. The maximum absolute atomic E-state index is 5.50. The Morgan fingerprint density at radius 1 is 1.37 bits per heavy atom. The van der Waals surface area contributed by atoms with Gasteiger partial charge in [-0.25, -0.2) is 4.98 Å². The summed E-state index contributed by atoms with van der Waals surface area (Å²) in [4.78, 5) is 12.5. The van der Waals surface area contributed by atoms with E-state index in [1.54, 1.807) is 18.4 Å². The molecule has 2 heterocycles. The molecule has 27 heavy (non-hydrogen) atoms. The molecule has 1 fully saturated rings. The Hall–Kier alpha value is -2.28. The lowest BCUT2D eigenvalue weighted by atomic mass is 10.1. The molecule has 0 spiro atoms. The second-order valence-electron chi connectivity index (χ2n) is 6.65. The standard InChI is InChI=1S/C20H29N5OS/c1-4-16-12-22-19(27-16)13-24-20(21-2)23-11-15-9-10-25(14-15)17-7-5-6-8-18(17)26-3/h5-8,12,15H,4,9-11,13-14H2,1-3H3,(H2,21,23,24). The van der Waals surface area contributed by atoms with Crippen LogP contribution in [0.25, 0.3) is 0 Å². The maximum Gasteiger partial charge on any atom is 0.191 e. The molecule has 1 saturated heterocycles. The molecule has 6 nitrogen and oxygen atoms in total. The summed E-state index contributed by atoms with van der Waals surface area (Å²) in [6, 6.07) is 8.24. The number of guanidine groups is 1. The van der Waals surface area contributed by atoms with Crippen LogP contribution in [0, 0.1) is 5.92 Å². The molecule has 1 aliphatic rings. The number of rotatable bonds is 7. The van der Waals surface area contributed by atoms with Gasteiger partial charge in [0.15, 0.2) is 5.96 Å². The van der Waals surface area contributed by atoms with Gasteiger partial charge in [0.2, 0.25) is 0 Å². The normalized spacial score (nSPS) is 17.2. The number of aliphatic imine (C=N–C) groups is 1. The third kappa shape index (κ3) is 5.13. The summed E-state index contributed by atoms with van der Waals surface area (Å²) >= 11 is 1.76. The minimum atomic E-state index is 0.583. The van der Waals surface area contributed by atoms with Crippen LogP contribution in [0.4, 0.5) is 5.69 Å². The van der Waals surface area contributed by atoms with Crippen molar-refractivity contribution in [2.45, 2.75) is 26.3 Å². The zero-order valence-electron chi connectivity index (χ0n) is 16.4. The Balaban J connectivity index is 1.46. The molecule has 1 atom stereocenters. The topological polar surface area (TPSA) is 61.8 Å². The van der Waals surface area contributed by atoms with E-state index in [0.717, 1.165) is 49.2 Å². The maximum atomic E-state index is 5.50. The first-order valence-corrected chi connectivity index (χ1v) is 10.3. The van der Waals surface area contributed by atoms with E-state index in [4.69, 9.17) is 4.74 Å². The first-order chi connectivity index (χ1) is 13.2. The molecule has 0 radical (unpaired) electrons.